The maximum Gasteiger partial charge on any atom is 0.274 e. The fourth-order valence-electron chi connectivity index (χ4n) is 2.31. The maximum atomic E-state index is 12.4. The largest absolute Gasteiger partial charge is 0.497 e. The van der Waals surface area contributed by atoms with Gasteiger partial charge < -0.3 is 15.4 Å². The quantitative estimate of drug-likeness (QED) is 0.727. The Kier molecular flexibility index (Phi) is 4.95. The Morgan fingerprint density at radius 1 is 0.920 bits per heavy atom. The maximum absolute atomic E-state index is 12.4. The van der Waals surface area contributed by atoms with Crippen molar-refractivity contribution in [3.63, 3.8) is 0 Å². The molecule has 0 saturated heterocycles. The first-order chi connectivity index (χ1) is 12.1. The van der Waals surface area contributed by atoms with Gasteiger partial charge in [0, 0.05) is 23.3 Å². The van der Waals surface area contributed by atoms with E-state index in [1.165, 1.54) is 5.56 Å². The van der Waals surface area contributed by atoms with E-state index in [0.29, 0.717) is 11.4 Å². The molecule has 1 heterocycles. The fraction of sp³-hybridized carbons (Fsp3) is 0.100. The number of hydrogen-bond donors (Lipinski definition) is 2. The van der Waals surface area contributed by atoms with Crippen LogP contribution in [0.25, 0.3) is 0 Å². The molecule has 1 amide bonds. The first-order valence-electron chi connectivity index (χ1n) is 7.89. The van der Waals surface area contributed by atoms with E-state index in [-0.39, 0.29) is 5.91 Å². The van der Waals surface area contributed by atoms with Crippen LogP contribution in [-0.4, -0.2) is 18.0 Å². The summed E-state index contributed by atoms with van der Waals surface area (Å²) in [6.45, 7) is 2.04. The van der Waals surface area contributed by atoms with Gasteiger partial charge in [-0.3, -0.25) is 9.78 Å². The Morgan fingerprint density at radius 2 is 1.60 bits per heavy atom. The molecule has 0 saturated carbocycles. The number of ether oxygens (including phenoxy) is 1. The highest BCUT2D eigenvalue weighted by molar-refractivity contribution is 6.03. The standard InChI is InChI=1S/C20H19N3O2/c1-14-3-5-15(6-4-14)22-17-11-12-21-19(13-17)20(24)23-16-7-9-18(25-2)10-8-16/h3-13H,1-2H3,(H,21,22)(H,23,24). The van der Waals surface area contributed by atoms with Gasteiger partial charge in [0.1, 0.15) is 11.4 Å². The number of methoxy groups -OCH3 is 1. The lowest BCUT2D eigenvalue weighted by Crippen LogP contribution is -2.13. The molecule has 0 atom stereocenters. The van der Waals surface area contributed by atoms with Crippen LogP contribution in [-0.2, 0) is 0 Å². The second-order valence-corrected chi connectivity index (χ2v) is 5.60. The predicted octanol–water partition coefficient (Wildman–Crippen LogP) is 4.39. The van der Waals surface area contributed by atoms with Crippen molar-refractivity contribution in [3.8, 4) is 5.75 Å². The van der Waals surface area contributed by atoms with Crippen molar-refractivity contribution in [2.24, 2.45) is 0 Å². The molecule has 1 aromatic heterocycles. The van der Waals surface area contributed by atoms with Crippen molar-refractivity contribution in [1.82, 2.24) is 4.98 Å². The third-order valence-corrected chi connectivity index (χ3v) is 3.68. The van der Waals surface area contributed by atoms with E-state index < -0.39 is 0 Å². The van der Waals surface area contributed by atoms with Crippen LogP contribution in [0.5, 0.6) is 5.75 Å². The zero-order chi connectivity index (χ0) is 17.6. The molecular formula is C20H19N3O2. The van der Waals surface area contributed by atoms with Crippen molar-refractivity contribution < 1.29 is 9.53 Å². The minimum Gasteiger partial charge on any atom is -0.497 e. The Hall–Kier alpha value is -3.34. The molecule has 2 aromatic carbocycles. The van der Waals surface area contributed by atoms with Crippen molar-refractivity contribution >= 4 is 23.0 Å². The Labute approximate surface area is 146 Å². The molecule has 0 unspecified atom stereocenters. The van der Waals surface area contributed by atoms with Crippen molar-refractivity contribution in [2.75, 3.05) is 17.7 Å². The number of nitrogens with one attached hydrogen (secondary N) is 2. The monoisotopic (exact) mass is 333 g/mol. The van der Waals surface area contributed by atoms with E-state index in [1.54, 1.807) is 43.6 Å². The van der Waals surface area contributed by atoms with Gasteiger partial charge in [-0.05, 0) is 55.5 Å². The highest BCUT2D eigenvalue weighted by Crippen LogP contribution is 2.19. The average Bonchev–Trinajstić information content (AvgIpc) is 2.64. The molecule has 3 rings (SSSR count). The molecule has 0 aliphatic carbocycles. The molecule has 0 spiro atoms. The van der Waals surface area contributed by atoms with Gasteiger partial charge in [0.2, 0.25) is 0 Å². The lowest BCUT2D eigenvalue weighted by molar-refractivity contribution is 0.102. The van der Waals surface area contributed by atoms with Crippen molar-refractivity contribution in [2.45, 2.75) is 6.92 Å². The summed E-state index contributed by atoms with van der Waals surface area (Å²) in [6, 6.07) is 18.7. The van der Waals surface area contributed by atoms with E-state index in [4.69, 9.17) is 4.74 Å². The molecule has 126 valence electrons. The Bertz CT molecular complexity index is 859. The summed E-state index contributed by atoms with van der Waals surface area (Å²) in [4.78, 5) is 16.5. The summed E-state index contributed by atoms with van der Waals surface area (Å²) < 4.78 is 5.11. The molecule has 5 heteroatoms. The Morgan fingerprint density at radius 3 is 2.28 bits per heavy atom. The van der Waals surface area contributed by atoms with E-state index in [2.05, 4.69) is 15.6 Å². The highest BCUT2D eigenvalue weighted by atomic mass is 16.5. The van der Waals surface area contributed by atoms with Crippen molar-refractivity contribution in [3.05, 3.63) is 78.1 Å². The first-order valence-corrected chi connectivity index (χ1v) is 7.89. The normalized spacial score (nSPS) is 10.2. The summed E-state index contributed by atoms with van der Waals surface area (Å²) in [5.41, 5.74) is 3.98. The van der Waals surface area contributed by atoms with E-state index in [1.807, 2.05) is 37.3 Å². The van der Waals surface area contributed by atoms with Crippen LogP contribution in [0, 0.1) is 6.92 Å². The molecule has 0 bridgehead atoms. The SMILES string of the molecule is COc1ccc(NC(=O)c2cc(Nc3ccc(C)cc3)ccn2)cc1. The molecule has 0 aliphatic rings. The summed E-state index contributed by atoms with van der Waals surface area (Å²) >= 11 is 0. The minimum absolute atomic E-state index is 0.266. The van der Waals surface area contributed by atoms with Crippen LogP contribution in [0.4, 0.5) is 17.1 Å². The number of carbonyl (C=O) groups excluding carboxylic acids is 1. The fourth-order valence-corrected chi connectivity index (χ4v) is 2.31. The number of hydrogen-bond acceptors (Lipinski definition) is 4. The van der Waals surface area contributed by atoms with Gasteiger partial charge in [-0.15, -0.1) is 0 Å². The van der Waals surface area contributed by atoms with E-state index >= 15 is 0 Å². The number of anilines is 3. The molecule has 0 radical (unpaired) electrons. The van der Waals surface area contributed by atoms with Crippen LogP contribution < -0.4 is 15.4 Å². The van der Waals surface area contributed by atoms with Gasteiger partial charge in [-0.1, -0.05) is 17.7 Å². The average molecular weight is 333 g/mol. The van der Waals surface area contributed by atoms with Gasteiger partial charge in [0.05, 0.1) is 7.11 Å². The topological polar surface area (TPSA) is 63.2 Å². The molecule has 0 fully saturated rings. The van der Waals surface area contributed by atoms with Crippen molar-refractivity contribution in [1.29, 1.82) is 0 Å². The van der Waals surface area contributed by atoms with Gasteiger partial charge in [0.15, 0.2) is 0 Å². The highest BCUT2D eigenvalue weighted by Gasteiger charge is 2.09. The van der Waals surface area contributed by atoms with Crippen LogP contribution in [0.1, 0.15) is 16.1 Å². The summed E-state index contributed by atoms with van der Waals surface area (Å²) in [7, 11) is 1.60. The molecule has 0 aliphatic heterocycles. The molecule has 2 N–H and O–H groups in total. The molecular weight excluding hydrogens is 314 g/mol. The second kappa shape index (κ2) is 7.49. The second-order valence-electron chi connectivity index (χ2n) is 5.60. The lowest BCUT2D eigenvalue weighted by atomic mass is 10.2. The Balaban J connectivity index is 1.71. The van der Waals surface area contributed by atoms with E-state index in [0.717, 1.165) is 17.1 Å². The third kappa shape index (κ3) is 4.35. The number of rotatable bonds is 5. The van der Waals surface area contributed by atoms with E-state index in [9.17, 15) is 4.79 Å². The number of aromatic nitrogens is 1. The molecule has 5 nitrogen and oxygen atoms in total. The van der Waals surface area contributed by atoms with Gasteiger partial charge in [-0.25, -0.2) is 0 Å². The van der Waals surface area contributed by atoms with Gasteiger partial charge >= 0.3 is 0 Å². The van der Waals surface area contributed by atoms with Gasteiger partial charge in [-0.2, -0.15) is 0 Å². The van der Waals surface area contributed by atoms with Crippen LogP contribution in [0.15, 0.2) is 66.9 Å². The van der Waals surface area contributed by atoms with Crippen LogP contribution in [0.3, 0.4) is 0 Å². The minimum atomic E-state index is -0.266. The zero-order valence-electron chi connectivity index (χ0n) is 14.1. The predicted molar refractivity (Wildman–Crippen MR) is 99.6 cm³/mol. The third-order valence-electron chi connectivity index (χ3n) is 3.68. The lowest BCUT2D eigenvalue weighted by Gasteiger charge is -2.09. The molecule has 3 aromatic rings. The summed E-state index contributed by atoms with van der Waals surface area (Å²) in [5, 5.41) is 6.09. The number of carbonyl (C=O) groups is 1. The number of aryl methyl sites for hydroxylation is 1. The van der Waals surface area contributed by atoms with Crippen LogP contribution in [0.2, 0.25) is 0 Å². The molecule has 25 heavy (non-hydrogen) atoms. The number of amides is 1. The van der Waals surface area contributed by atoms with Crippen LogP contribution >= 0.6 is 0 Å². The summed E-state index contributed by atoms with van der Waals surface area (Å²) in [5.74, 6) is 0.471. The number of pyridine rings is 1. The summed E-state index contributed by atoms with van der Waals surface area (Å²) in [6.07, 6.45) is 1.61. The first kappa shape index (κ1) is 16.5. The van der Waals surface area contributed by atoms with Gasteiger partial charge in [0.25, 0.3) is 5.91 Å². The number of benzene rings is 2. The smallest absolute Gasteiger partial charge is 0.274 e. The number of nitrogens with zero attached hydrogens (tertiary/aromatic N) is 1. The zero-order valence-corrected chi connectivity index (χ0v) is 14.1.